The Morgan fingerprint density at radius 3 is 1.92 bits per heavy atom. The minimum Gasteiger partial charge on any atom is -0.347 e. The fourth-order valence-electron chi connectivity index (χ4n) is 3.46. The number of halogens is 3. The van der Waals surface area contributed by atoms with E-state index in [9.17, 15) is 27.6 Å². The van der Waals surface area contributed by atoms with Crippen molar-refractivity contribution in [3.8, 4) is 11.3 Å². The molecule has 3 N–H and O–H groups in total. The minimum absolute atomic E-state index is 0.0790. The van der Waals surface area contributed by atoms with E-state index in [1.54, 1.807) is 0 Å². The molecule has 0 aliphatic rings. The van der Waals surface area contributed by atoms with Gasteiger partial charge in [0, 0.05) is 17.7 Å². The maximum absolute atomic E-state index is 13.5. The molecule has 39 heavy (non-hydrogen) atoms. The molecule has 3 aromatic carbocycles. The van der Waals surface area contributed by atoms with Gasteiger partial charge in [-0.25, -0.2) is 18.2 Å². The molecule has 0 spiro atoms. The third-order valence-electron chi connectivity index (χ3n) is 5.64. The summed E-state index contributed by atoms with van der Waals surface area (Å²) in [5.74, 6) is -3.06. The van der Waals surface area contributed by atoms with E-state index in [0.717, 1.165) is 23.5 Å². The minimum atomic E-state index is -1.40. The fourth-order valence-corrected chi connectivity index (χ4v) is 4.36. The Bertz CT molecular complexity index is 1500. The molecule has 7 nitrogen and oxygen atoms in total. The molecule has 0 aliphatic heterocycles. The quantitative estimate of drug-likeness (QED) is 0.276. The van der Waals surface area contributed by atoms with E-state index in [-0.39, 0.29) is 27.8 Å². The summed E-state index contributed by atoms with van der Waals surface area (Å²) < 4.78 is 39.9. The molecule has 0 saturated carbocycles. The van der Waals surface area contributed by atoms with Crippen molar-refractivity contribution in [3.05, 3.63) is 106 Å². The summed E-state index contributed by atoms with van der Waals surface area (Å²) in [7, 11) is 0. The van der Waals surface area contributed by atoms with Gasteiger partial charge in [-0.05, 0) is 80.1 Å². The third-order valence-corrected chi connectivity index (χ3v) is 6.61. The second-order valence-corrected chi connectivity index (χ2v) is 10.1. The number of thiazole rings is 1. The fraction of sp³-hybridized carbons (Fsp3) is 0.143. The summed E-state index contributed by atoms with van der Waals surface area (Å²) in [6.45, 7) is 3.08. The van der Waals surface area contributed by atoms with Crippen molar-refractivity contribution in [1.29, 1.82) is 0 Å². The van der Waals surface area contributed by atoms with Crippen molar-refractivity contribution in [3.63, 3.8) is 0 Å². The van der Waals surface area contributed by atoms with E-state index in [2.05, 4.69) is 20.9 Å². The van der Waals surface area contributed by atoms with Crippen molar-refractivity contribution in [1.82, 2.24) is 15.6 Å². The molecule has 200 valence electrons. The van der Waals surface area contributed by atoms with E-state index < -0.39 is 40.7 Å². The van der Waals surface area contributed by atoms with Crippen LogP contribution in [0.15, 0.2) is 72.8 Å². The van der Waals surface area contributed by atoms with Gasteiger partial charge in [-0.3, -0.25) is 19.7 Å². The normalized spacial score (nSPS) is 11.1. The molecule has 1 heterocycles. The lowest BCUT2D eigenvalue weighted by Gasteiger charge is -2.24. The summed E-state index contributed by atoms with van der Waals surface area (Å²) >= 11 is 0.902. The van der Waals surface area contributed by atoms with Crippen LogP contribution in [0.4, 0.5) is 18.3 Å². The Kier molecular flexibility index (Phi) is 8.10. The predicted octanol–water partition coefficient (Wildman–Crippen LogP) is 5.30. The number of carbonyl (C=O) groups excluding carboxylic acids is 3. The van der Waals surface area contributed by atoms with Crippen LogP contribution in [0.25, 0.3) is 11.3 Å². The van der Waals surface area contributed by atoms with Crippen molar-refractivity contribution in [2.75, 3.05) is 5.32 Å². The van der Waals surface area contributed by atoms with Gasteiger partial charge in [0.05, 0.1) is 5.69 Å². The highest BCUT2D eigenvalue weighted by molar-refractivity contribution is 7.18. The van der Waals surface area contributed by atoms with E-state index in [1.807, 2.05) is 0 Å². The average molecular weight is 553 g/mol. The van der Waals surface area contributed by atoms with Crippen LogP contribution in [0.1, 0.15) is 39.4 Å². The van der Waals surface area contributed by atoms with E-state index in [4.69, 9.17) is 0 Å². The second kappa shape index (κ2) is 11.5. The number of hydrogen-bond acceptors (Lipinski definition) is 5. The van der Waals surface area contributed by atoms with Crippen LogP contribution in [0.5, 0.6) is 0 Å². The van der Waals surface area contributed by atoms with Crippen LogP contribution in [0.3, 0.4) is 0 Å². The highest BCUT2D eigenvalue weighted by Crippen LogP contribution is 2.32. The van der Waals surface area contributed by atoms with Gasteiger partial charge in [0.2, 0.25) is 0 Å². The Balaban J connectivity index is 1.54. The van der Waals surface area contributed by atoms with Gasteiger partial charge in [0.1, 0.15) is 27.9 Å². The number of aromatic nitrogens is 1. The summed E-state index contributed by atoms with van der Waals surface area (Å²) in [5.41, 5.74) is 0.108. The second-order valence-electron chi connectivity index (χ2n) is 9.05. The molecule has 3 amide bonds. The maximum Gasteiger partial charge on any atom is 0.264 e. The lowest BCUT2D eigenvalue weighted by molar-refractivity contribution is -0.120. The smallest absolute Gasteiger partial charge is 0.264 e. The Morgan fingerprint density at radius 2 is 1.33 bits per heavy atom. The molecule has 0 fully saturated rings. The SMILES string of the molecule is CC(C)(NC(=O)c1ccc(F)cc1)C(=O)Nc1nc(-c2ccc(F)cc2)c(C(=O)NCc2ccc(F)cc2)s1. The predicted molar refractivity (Wildman–Crippen MR) is 142 cm³/mol. The highest BCUT2D eigenvalue weighted by Gasteiger charge is 2.31. The Hall–Kier alpha value is -4.51. The van der Waals surface area contributed by atoms with Crippen molar-refractivity contribution in [2.24, 2.45) is 0 Å². The number of nitrogens with zero attached hydrogens (tertiary/aromatic N) is 1. The average Bonchev–Trinajstić information content (AvgIpc) is 3.32. The molecule has 0 atom stereocenters. The van der Waals surface area contributed by atoms with Gasteiger partial charge in [-0.1, -0.05) is 23.5 Å². The van der Waals surface area contributed by atoms with Crippen molar-refractivity contribution < 1.29 is 27.6 Å². The van der Waals surface area contributed by atoms with Gasteiger partial charge in [0.15, 0.2) is 5.13 Å². The molecule has 1 aromatic heterocycles. The van der Waals surface area contributed by atoms with Crippen molar-refractivity contribution >= 4 is 34.2 Å². The third kappa shape index (κ3) is 6.88. The Labute approximate surface area is 226 Å². The van der Waals surface area contributed by atoms with Crippen LogP contribution in [-0.4, -0.2) is 28.2 Å². The molecule has 11 heteroatoms. The molecule has 0 aliphatic carbocycles. The van der Waals surface area contributed by atoms with Crippen LogP contribution < -0.4 is 16.0 Å². The summed E-state index contributed by atoms with van der Waals surface area (Å²) in [6, 6.07) is 15.9. The van der Waals surface area contributed by atoms with Gasteiger partial charge < -0.3 is 10.6 Å². The molecule has 4 aromatic rings. The number of amides is 3. The van der Waals surface area contributed by atoms with E-state index in [0.29, 0.717) is 11.1 Å². The first-order valence-electron chi connectivity index (χ1n) is 11.7. The molecule has 0 radical (unpaired) electrons. The molecule has 0 unspecified atom stereocenters. The van der Waals surface area contributed by atoms with E-state index in [1.165, 1.54) is 74.5 Å². The van der Waals surface area contributed by atoms with Crippen LogP contribution in [0.2, 0.25) is 0 Å². The molecular weight excluding hydrogens is 529 g/mol. The first-order chi connectivity index (χ1) is 18.5. The number of benzene rings is 3. The number of nitrogens with one attached hydrogen (secondary N) is 3. The first kappa shape index (κ1) is 27.5. The Morgan fingerprint density at radius 1 is 0.795 bits per heavy atom. The van der Waals surface area contributed by atoms with Crippen LogP contribution in [0, 0.1) is 17.5 Å². The molecule has 4 rings (SSSR count). The lowest BCUT2D eigenvalue weighted by Crippen LogP contribution is -2.52. The zero-order chi connectivity index (χ0) is 28.2. The molecule has 0 saturated heterocycles. The number of carbonyl (C=O) groups is 3. The lowest BCUT2D eigenvalue weighted by atomic mass is 10.0. The number of rotatable bonds is 8. The molecular formula is C28H23F3N4O3S. The standard InChI is InChI=1S/C28H23F3N4O3S/c1-28(2,35-24(36)18-7-13-21(31)14-8-18)26(38)34-27-33-22(17-5-11-20(30)12-6-17)23(39-27)25(37)32-15-16-3-9-19(29)10-4-16/h3-14H,15H2,1-2H3,(H,32,37)(H,35,36)(H,33,34,38). The maximum atomic E-state index is 13.5. The van der Waals surface area contributed by atoms with Crippen LogP contribution in [-0.2, 0) is 11.3 Å². The number of anilines is 1. The zero-order valence-electron chi connectivity index (χ0n) is 20.8. The summed E-state index contributed by atoms with van der Waals surface area (Å²) in [5, 5.41) is 8.03. The molecule has 0 bridgehead atoms. The van der Waals surface area contributed by atoms with Gasteiger partial charge in [-0.15, -0.1) is 0 Å². The van der Waals surface area contributed by atoms with E-state index >= 15 is 0 Å². The monoisotopic (exact) mass is 552 g/mol. The summed E-state index contributed by atoms with van der Waals surface area (Å²) in [4.78, 5) is 43.3. The van der Waals surface area contributed by atoms with Gasteiger partial charge >= 0.3 is 0 Å². The summed E-state index contributed by atoms with van der Waals surface area (Å²) in [6.07, 6.45) is 0. The number of hydrogen-bond donors (Lipinski definition) is 3. The van der Waals surface area contributed by atoms with Gasteiger partial charge in [0.25, 0.3) is 17.7 Å². The zero-order valence-corrected chi connectivity index (χ0v) is 21.7. The highest BCUT2D eigenvalue weighted by atomic mass is 32.1. The van der Waals surface area contributed by atoms with Crippen LogP contribution >= 0.6 is 11.3 Å². The van der Waals surface area contributed by atoms with Crippen molar-refractivity contribution in [2.45, 2.75) is 25.9 Å². The first-order valence-corrected chi connectivity index (χ1v) is 12.5. The largest absolute Gasteiger partial charge is 0.347 e. The topological polar surface area (TPSA) is 100 Å². The van der Waals surface area contributed by atoms with Gasteiger partial charge in [-0.2, -0.15) is 0 Å².